The lowest BCUT2D eigenvalue weighted by molar-refractivity contribution is 0.407. The predicted octanol–water partition coefficient (Wildman–Crippen LogP) is 6.64. The molecule has 0 aliphatic heterocycles. The average Bonchev–Trinajstić information content (AvgIpc) is 3.19. The summed E-state index contributed by atoms with van der Waals surface area (Å²) in [6.45, 7) is 4.00. The van der Waals surface area contributed by atoms with Crippen LogP contribution in [0.2, 0.25) is 5.02 Å². The van der Waals surface area contributed by atoms with Gasteiger partial charge in [0.25, 0.3) is 0 Å². The lowest BCUT2D eigenvalue weighted by Gasteiger charge is -2.12. The van der Waals surface area contributed by atoms with Gasteiger partial charge in [0, 0.05) is 45.5 Å². The molecule has 2 heterocycles. The summed E-state index contributed by atoms with van der Waals surface area (Å²) in [5.41, 5.74) is 5.54. The third-order valence-corrected chi connectivity index (χ3v) is 6.22. The molecule has 4 aromatic rings. The number of aromatic nitrogens is 3. The Hall–Kier alpha value is -2.83. The van der Waals surface area contributed by atoms with E-state index in [9.17, 15) is 4.39 Å². The van der Waals surface area contributed by atoms with Gasteiger partial charge in [-0.15, -0.1) is 0 Å². The smallest absolute Gasteiger partial charge is 0.173 e. The fourth-order valence-electron chi connectivity index (χ4n) is 3.36. The number of halogens is 2. The van der Waals surface area contributed by atoms with Crippen LogP contribution in [0.25, 0.3) is 16.9 Å². The third-order valence-electron chi connectivity index (χ3n) is 5.01. The second-order valence-electron chi connectivity index (χ2n) is 7.10. The molecule has 0 fully saturated rings. The van der Waals surface area contributed by atoms with Crippen LogP contribution >= 0.6 is 23.4 Å². The first-order chi connectivity index (χ1) is 15.0. The molecule has 0 amide bonds. The molecule has 0 aliphatic carbocycles. The van der Waals surface area contributed by atoms with E-state index in [2.05, 4.69) is 4.98 Å². The molecule has 4 rings (SSSR count). The number of pyridine rings is 1. The fraction of sp³-hybridized carbons (Fsp3) is 0.167. The summed E-state index contributed by atoms with van der Waals surface area (Å²) in [4.78, 5) is 9.42. The van der Waals surface area contributed by atoms with Crippen molar-refractivity contribution in [3.63, 3.8) is 0 Å². The zero-order chi connectivity index (χ0) is 22.0. The zero-order valence-electron chi connectivity index (χ0n) is 17.4. The number of hydrogen-bond donors (Lipinski definition) is 0. The van der Waals surface area contributed by atoms with Gasteiger partial charge in [0.1, 0.15) is 11.6 Å². The van der Waals surface area contributed by atoms with Crippen molar-refractivity contribution in [1.82, 2.24) is 14.5 Å². The molecule has 0 saturated heterocycles. The van der Waals surface area contributed by atoms with E-state index in [4.69, 9.17) is 21.3 Å². The first-order valence-electron chi connectivity index (χ1n) is 9.69. The molecule has 0 saturated carbocycles. The van der Waals surface area contributed by atoms with Gasteiger partial charge in [-0.2, -0.15) is 0 Å². The standard InChI is InChI=1S/C24H21ClFN3OS/c1-15-12-27-22(16(2)23(15)30-3)14-31-24-28-21(17-4-8-19(26)9-5-17)13-29(24)20-10-6-18(25)7-11-20/h4-13H,14H2,1-3H3. The van der Waals surface area contributed by atoms with E-state index in [-0.39, 0.29) is 5.82 Å². The zero-order valence-corrected chi connectivity index (χ0v) is 19.0. The average molecular weight is 454 g/mol. The first kappa shape index (κ1) is 21.4. The van der Waals surface area contributed by atoms with Gasteiger partial charge in [-0.25, -0.2) is 9.37 Å². The Morgan fingerprint density at radius 1 is 1.06 bits per heavy atom. The largest absolute Gasteiger partial charge is 0.496 e. The minimum absolute atomic E-state index is 0.273. The molecule has 2 aromatic heterocycles. The summed E-state index contributed by atoms with van der Waals surface area (Å²) in [7, 11) is 1.68. The number of ether oxygens (including phenoxy) is 1. The molecule has 0 aliphatic rings. The monoisotopic (exact) mass is 453 g/mol. The van der Waals surface area contributed by atoms with Crippen molar-refractivity contribution in [1.29, 1.82) is 0 Å². The molecule has 0 bridgehead atoms. The summed E-state index contributed by atoms with van der Waals surface area (Å²) < 4.78 is 20.9. The number of hydrogen-bond acceptors (Lipinski definition) is 4. The highest BCUT2D eigenvalue weighted by Gasteiger charge is 2.15. The van der Waals surface area contributed by atoms with E-state index in [0.717, 1.165) is 44.7 Å². The summed E-state index contributed by atoms with van der Waals surface area (Å²) in [5, 5.41) is 1.48. The van der Waals surface area contributed by atoms with Crippen LogP contribution in [0.5, 0.6) is 5.75 Å². The Labute approximate surface area is 190 Å². The molecule has 2 aromatic carbocycles. The lowest BCUT2D eigenvalue weighted by Crippen LogP contribution is -2.00. The molecule has 31 heavy (non-hydrogen) atoms. The number of nitrogens with zero attached hydrogens (tertiary/aromatic N) is 3. The number of imidazole rings is 1. The molecule has 0 unspecified atom stereocenters. The van der Waals surface area contributed by atoms with Gasteiger partial charge < -0.3 is 4.74 Å². The number of thioether (sulfide) groups is 1. The van der Waals surface area contributed by atoms with Crippen molar-refractivity contribution in [2.75, 3.05) is 7.11 Å². The topological polar surface area (TPSA) is 39.9 Å². The fourth-order valence-corrected chi connectivity index (χ4v) is 4.50. The van der Waals surface area contributed by atoms with Crippen molar-refractivity contribution >= 4 is 23.4 Å². The van der Waals surface area contributed by atoms with Crippen molar-refractivity contribution < 1.29 is 9.13 Å². The molecule has 0 radical (unpaired) electrons. The maximum absolute atomic E-state index is 13.4. The Kier molecular flexibility index (Phi) is 6.30. The SMILES string of the molecule is COc1c(C)cnc(CSc2nc(-c3ccc(F)cc3)cn2-c2ccc(Cl)cc2)c1C. The minimum Gasteiger partial charge on any atom is -0.496 e. The quantitative estimate of drug-likeness (QED) is 0.306. The molecule has 158 valence electrons. The molecular weight excluding hydrogens is 433 g/mol. The summed E-state index contributed by atoms with van der Waals surface area (Å²) in [5.74, 6) is 1.22. The number of benzene rings is 2. The van der Waals surface area contributed by atoms with Crippen LogP contribution in [0.1, 0.15) is 16.8 Å². The van der Waals surface area contributed by atoms with E-state index in [1.54, 1.807) is 31.0 Å². The van der Waals surface area contributed by atoms with Gasteiger partial charge in [-0.05, 0) is 62.4 Å². The normalized spacial score (nSPS) is 11.0. The van der Waals surface area contributed by atoms with E-state index in [0.29, 0.717) is 10.8 Å². The first-order valence-corrected chi connectivity index (χ1v) is 11.1. The molecular formula is C24H21ClFN3OS. The maximum Gasteiger partial charge on any atom is 0.173 e. The van der Waals surface area contributed by atoms with Crippen LogP contribution < -0.4 is 4.74 Å². The Morgan fingerprint density at radius 2 is 1.77 bits per heavy atom. The van der Waals surface area contributed by atoms with Crippen molar-refractivity contribution in [3.8, 4) is 22.7 Å². The number of rotatable bonds is 6. The highest BCUT2D eigenvalue weighted by Crippen LogP contribution is 2.32. The molecule has 0 atom stereocenters. The van der Waals surface area contributed by atoms with E-state index >= 15 is 0 Å². The van der Waals surface area contributed by atoms with Gasteiger partial charge in [0.15, 0.2) is 5.16 Å². The van der Waals surface area contributed by atoms with Crippen LogP contribution in [-0.4, -0.2) is 21.6 Å². The van der Waals surface area contributed by atoms with Crippen molar-refractivity contribution in [2.45, 2.75) is 24.8 Å². The van der Waals surface area contributed by atoms with Crippen LogP contribution in [0.15, 0.2) is 66.1 Å². The summed E-state index contributed by atoms with van der Waals surface area (Å²) in [6, 6.07) is 13.9. The van der Waals surface area contributed by atoms with Crippen LogP contribution in [0.4, 0.5) is 4.39 Å². The maximum atomic E-state index is 13.4. The molecule has 4 nitrogen and oxygen atoms in total. The van der Waals surface area contributed by atoms with Crippen LogP contribution in [-0.2, 0) is 5.75 Å². The second kappa shape index (κ2) is 9.12. The van der Waals surface area contributed by atoms with Gasteiger partial charge in [0.2, 0.25) is 0 Å². The van der Waals surface area contributed by atoms with E-state index in [1.165, 1.54) is 12.1 Å². The number of methoxy groups -OCH3 is 1. The Bertz CT molecular complexity index is 1210. The number of aryl methyl sites for hydroxylation is 1. The van der Waals surface area contributed by atoms with E-state index < -0.39 is 0 Å². The Balaban J connectivity index is 1.70. The summed E-state index contributed by atoms with van der Waals surface area (Å²) in [6.07, 6.45) is 3.78. The molecule has 0 spiro atoms. The lowest BCUT2D eigenvalue weighted by atomic mass is 10.1. The van der Waals surface area contributed by atoms with Gasteiger partial charge in [0.05, 0.1) is 18.5 Å². The predicted molar refractivity (Wildman–Crippen MR) is 124 cm³/mol. The van der Waals surface area contributed by atoms with Crippen molar-refractivity contribution in [2.24, 2.45) is 0 Å². The van der Waals surface area contributed by atoms with Crippen LogP contribution in [0.3, 0.4) is 0 Å². The van der Waals surface area contributed by atoms with Crippen LogP contribution in [0, 0.1) is 19.7 Å². The van der Waals surface area contributed by atoms with Gasteiger partial charge in [-0.1, -0.05) is 23.4 Å². The van der Waals surface area contributed by atoms with Gasteiger partial charge >= 0.3 is 0 Å². The second-order valence-corrected chi connectivity index (χ2v) is 8.48. The third kappa shape index (κ3) is 4.60. The molecule has 0 N–H and O–H groups in total. The summed E-state index contributed by atoms with van der Waals surface area (Å²) >= 11 is 7.65. The van der Waals surface area contributed by atoms with Gasteiger partial charge in [-0.3, -0.25) is 9.55 Å². The van der Waals surface area contributed by atoms with Crippen molar-refractivity contribution in [3.05, 3.63) is 88.6 Å². The highest BCUT2D eigenvalue weighted by atomic mass is 35.5. The molecule has 7 heteroatoms. The highest BCUT2D eigenvalue weighted by molar-refractivity contribution is 7.98. The minimum atomic E-state index is -0.273. The Morgan fingerprint density at radius 3 is 2.45 bits per heavy atom. The van der Waals surface area contributed by atoms with E-state index in [1.807, 2.05) is 55.1 Å².